The van der Waals surface area contributed by atoms with Gasteiger partial charge in [0.2, 0.25) is 5.91 Å². The summed E-state index contributed by atoms with van der Waals surface area (Å²) in [4.78, 5) is 11.5. The number of carbonyl (C=O) groups excluding carboxylic acids is 1. The third kappa shape index (κ3) is 5.47. The lowest BCUT2D eigenvalue weighted by molar-refractivity contribution is -0.116. The zero-order chi connectivity index (χ0) is 12.5. The quantitative estimate of drug-likeness (QED) is 0.758. The van der Waals surface area contributed by atoms with E-state index in [2.05, 4.69) is 10.6 Å². The minimum atomic E-state index is 0.0249. The molecule has 0 heterocycles. The third-order valence-electron chi connectivity index (χ3n) is 2.31. The number of hydrogen-bond acceptors (Lipinski definition) is 3. The van der Waals surface area contributed by atoms with Crippen LogP contribution >= 0.6 is 0 Å². The summed E-state index contributed by atoms with van der Waals surface area (Å²) in [5.41, 5.74) is 1.94. The first kappa shape index (κ1) is 13.7. The Balaban J connectivity index is 2.42. The molecule has 1 aromatic carbocycles. The summed E-state index contributed by atoms with van der Waals surface area (Å²) in [7, 11) is 1.83. The highest BCUT2D eigenvalue weighted by molar-refractivity contribution is 5.90. The second-order valence-corrected chi connectivity index (χ2v) is 3.74. The van der Waals surface area contributed by atoms with Gasteiger partial charge in [-0.25, -0.2) is 0 Å². The number of anilines is 1. The molecule has 1 amide bonds. The molecule has 0 spiro atoms. The van der Waals surface area contributed by atoms with E-state index >= 15 is 0 Å². The Morgan fingerprint density at radius 2 is 2.00 bits per heavy atom. The van der Waals surface area contributed by atoms with Crippen LogP contribution < -0.4 is 10.6 Å². The average molecular weight is 236 g/mol. The monoisotopic (exact) mass is 236 g/mol. The Labute approximate surface area is 102 Å². The van der Waals surface area contributed by atoms with Crippen molar-refractivity contribution in [2.75, 3.05) is 25.5 Å². The Hall–Kier alpha value is -1.39. The van der Waals surface area contributed by atoms with Gasteiger partial charge in [-0.1, -0.05) is 12.1 Å². The van der Waals surface area contributed by atoms with Gasteiger partial charge < -0.3 is 15.4 Å². The number of amides is 1. The molecule has 0 aromatic heterocycles. The fraction of sp³-hybridized carbons (Fsp3) is 0.462. The maximum absolute atomic E-state index is 11.5. The van der Waals surface area contributed by atoms with Crippen molar-refractivity contribution in [1.82, 2.24) is 5.32 Å². The normalized spacial score (nSPS) is 10.2. The first-order valence-electron chi connectivity index (χ1n) is 5.87. The van der Waals surface area contributed by atoms with E-state index in [0.717, 1.165) is 11.3 Å². The van der Waals surface area contributed by atoms with E-state index in [-0.39, 0.29) is 5.91 Å². The molecule has 1 rings (SSSR count). The van der Waals surface area contributed by atoms with Crippen LogP contribution in [0.2, 0.25) is 0 Å². The van der Waals surface area contributed by atoms with E-state index in [4.69, 9.17) is 4.74 Å². The van der Waals surface area contributed by atoms with Crippen LogP contribution in [0.4, 0.5) is 5.69 Å². The van der Waals surface area contributed by atoms with E-state index in [1.54, 1.807) is 0 Å². The molecule has 0 aliphatic rings. The van der Waals surface area contributed by atoms with E-state index < -0.39 is 0 Å². The van der Waals surface area contributed by atoms with Crippen molar-refractivity contribution in [3.05, 3.63) is 29.8 Å². The number of benzene rings is 1. The van der Waals surface area contributed by atoms with Gasteiger partial charge in [0.05, 0.1) is 6.61 Å². The Bertz CT molecular complexity index is 336. The largest absolute Gasteiger partial charge is 0.377 e. The van der Waals surface area contributed by atoms with Crippen LogP contribution in [0.1, 0.15) is 18.9 Å². The van der Waals surface area contributed by atoms with Gasteiger partial charge in [0.25, 0.3) is 0 Å². The lowest BCUT2D eigenvalue weighted by atomic mass is 10.2. The fourth-order valence-electron chi connectivity index (χ4n) is 1.37. The second-order valence-electron chi connectivity index (χ2n) is 3.74. The first-order chi connectivity index (χ1) is 8.26. The Morgan fingerprint density at radius 3 is 2.59 bits per heavy atom. The minimum Gasteiger partial charge on any atom is -0.377 e. The van der Waals surface area contributed by atoms with Crippen molar-refractivity contribution in [1.29, 1.82) is 0 Å². The first-order valence-corrected chi connectivity index (χ1v) is 5.87. The molecule has 0 unspecified atom stereocenters. The van der Waals surface area contributed by atoms with Gasteiger partial charge >= 0.3 is 0 Å². The molecular weight excluding hydrogens is 216 g/mol. The van der Waals surface area contributed by atoms with E-state index in [1.165, 1.54) is 0 Å². The molecular formula is C13H20N2O2. The molecule has 2 N–H and O–H groups in total. The van der Waals surface area contributed by atoms with Crippen LogP contribution in [-0.2, 0) is 16.1 Å². The summed E-state index contributed by atoms with van der Waals surface area (Å²) < 4.78 is 5.30. The van der Waals surface area contributed by atoms with Crippen LogP contribution in [-0.4, -0.2) is 26.1 Å². The molecule has 0 aliphatic heterocycles. The van der Waals surface area contributed by atoms with Crippen LogP contribution in [0, 0.1) is 0 Å². The van der Waals surface area contributed by atoms with Crippen LogP contribution in [0.5, 0.6) is 0 Å². The number of rotatable bonds is 7. The summed E-state index contributed by atoms with van der Waals surface area (Å²) in [5, 5.41) is 5.78. The molecule has 0 saturated carbocycles. The zero-order valence-electron chi connectivity index (χ0n) is 10.5. The highest BCUT2D eigenvalue weighted by atomic mass is 16.5. The summed E-state index contributed by atoms with van der Waals surface area (Å²) in [6, 6.07) is 7.71. The van der Waals surface area contributed by atoms with Gasteiger partial charge in [-0.2, -0.15) is 0 Å². The minimum absolute atomic E-state index is 0.0249. The van der Waals surface area contributed by atoms with Crippen LogP contribution in [0.25, 0.3) is 0 Å². The molecule has 0 atom stereocenters. The highest BCUT2D eigenvalue weighted by Gasteiger charge is 2.01. The van der Waals surface area contributed by atoms with Crippen molar-refractivity contribution < 1.29 is 9.53 Å². The van der Waals surface area contributed by atoms with Gasteiger partial charge in [-0.3, -0.25) is 4.79 Å². The lowest BCUT2D eigenvalue weighted by Gasteiger charge is -2.06. The van der Waals surface area contributed by atoms with Gasteiger partial charge in [0.15, 0.2) is 0 Å². The van der Waals surface area contributed by atoms with Crippen LogP contribution in [0.3, 0.4) is 0 Å². The van der Waals surface area contributed by atoms with Gasteiger partial charge in [0, 0.05) is 25.3 Å². The lowest BCUT2D eigenvalue weighted by Crippen LogP contribution is -2.18. The maximum atomic E-state index is 11.5. The predicted octanol–water partition coefficient (Wildman–Crippen LogP) is 1.77. The summed E-state index contributed by atoms with van der Waals surface area (Å²) in [6.07, 6.45) is 0.483. The smallest absolute Gasteiger partial charge is 0.225 e. The molecule has 17 heavy (non-hydrogen) atoms. The molecule has 0 radical (unpaired) electrons. The molecule has 4 nitrogen and oxygen atoms in total. The second kappa shape index (κ2) is 7.81. The van der Waals surface area contributed by atoms with E-state index in [1.807, 2.05) is 38.2 Å². The third-order valence-corrected chi connectivity index (χ3v) is 2.31. The van der Waals surface area contributed by atoms with Gasteiger partial charge in [-0.05, 0) is 31.7 Å². The standard InChI is InChI=1S/C13H20N2O2/c1-3-17-10-11-4-6-12(7-5-11)15-13(16)8-9-14-2/h4-7,14H,3,8-10H2,1-2H3,(H,15,16). The predicted molar refractivity (Wildman–Crippen MR) is 68.9 cm³/mol. The zero-order valence-corrected chi connectivity index (χ0v) is 10.5. The topological polar surface area (TPSA) is 50.4 Å². The van der Waals surface area contributed by atoms with Crippen LogP contribution in [0.15, 0.2) is 24.3 Å². The molecule has 1 aromatic rings. The Morgan fingerprint density at radius 1 is 1.29 bits per heavy atom. The van der Waals surface area contributed by atoms with Gasteiger partial charge in [-0.15, -0.1) is 0 Å². The summed E-state index contributed by atoms with van der Waals surface area (Å²) in [5.74, 6) is 0.0249. The molecule has 0 fully saturated rings. The van der Waals surface area contributed by atoms with Gasteiger partial charge in [0.1, 0.15) is 0 Å². The SMILES string of the molecule is CCOCc1ccc(NC(=O)CCNC)cc1. The average Bonchev–Trinajstić information content (AvgIpc) is 2.35. The molecule has 0 saturated heterocycles. The van der Waals surface area contributed by atoms with Crippen molar-refractivity contribution in [3.63, 3.8) is 0 Å². The summed E-state index contributed by atoms with van der Waals surface area (Å²) >= 11 is 0. The maximum Gasteiger partial charge on any atom is 0.225 e. The summed E-state index contributed by atoms with van der Waals surface area (Å²) in [6.45, 7) is 3.98. The van der Waals surface area contributed by atoms with Crippen molar-refractivity contribution in [2.24, 2.45) is 0 Å². The Kier molecular flexibility index (Phi) is 6.29. The van der Waals surface area contributed by atoms with E-state index in [9.17, 15) is 4.79 Å². The molecule has 4 heteroatoms. The van der Waals surface area contributed by atoms with Crippen molar-refractivity contribution in [2.45, 2.75) is 20.0 Å². The molecule has 94 valence electrons. The highest BCUT2D eigenvalue weighted by Crippen LogP contribution is 2.10. The fourth-order valence-corrected chi connectivity index (χ4v) is 1.37. The molecule has 0 bridgehead atoms. The number of carbonyl (C=O) groups is 1. The number of nitrogens with one attached hydrogen (secondary N) is 2. The number of hydrogen-bond donors (Lipinski definition) is 2. The van der Waals surface area contributed by atoms with Crippen molar-refractivity contribution in [3.8, 4) is 0 Å². The van der Waals surface area contributed by atoms with Crippen molar-refractivity contribution >= 4 is 11.6 Å². The van der Waals surface area contributed by atoms with E-state index in [0.29, 0.717) is 26.2 Å². The number of ether oxygens (including phenoxy) is 1. The molecule has 0 aliphatic carbocycles.